The van der Waals surface area contributed by atoms with Crippen molar-refractivity contribution in [3.8, 4) is 0 Å². The van der Waals surface area contributed by atoms with Crippen LogP contribution in [-0.2, 0) is 19.2 Å². The van der Waals surface area contributed by atoms with Crippen LogP contribution in [0.1, 0.15) is 38.5 Å². The molecule has 2 unspecified atom stereocenters. The Morgan fingerprint density at radius 2 is 1.67 bits per heavy atom. The van der Waals surface area contributed by atoms with Gasteiger partial charge in [0.05, 0.1) is 17.4 Å². The van der Waals surface area contributed by atoms with E-state index < -0.39 is 41.6 Å². The highest BCUT2D eigenvalue weighted by Gasteiger charge is 2.20. The maximum absolute atomic E-state index is 11.6. The maximum Gasteiger partial charge on any atom is 0.407 e. The van der Waals surface area contributed by atoms with Gasteiger partial charge < -0.3 is 20.9 Å². The van der Waals surface area contributed by atoms with E-state index in [2.05, 4.69) is 15.0 Å². The Labute approximate surface area is 155 Å². The molecule has 0 aromatic rings. The van der Waals surface area contributed by atoms with Crippen molar-refractivity contribution in [2.24, 2.45) is 5.73 Å². The Kier molecular flexibility index (Phi) is 14.5. The summed E-state index contributed by atoms with van der Waals surface area (Å²) in [7, 11) is 0. The summed E-state index contributed by atoms with van der Waals surface area (Å²) in [6.45, 7) is 0.0309. The van der Waals surface area contributed by atoms with E-state index in [1.807, 2.05) is 0 Å². The van der Waals surface area contributed by atoms with Crippen molar-refractivity contribution in [2.45, 2.75) is 50.7 Å². The van der Waals surface area contributed by atoms with Crippen molar-refractivity contribution in [1.29, 1.82) is 0 Å². The van der Waals surface area contributed by atoms with Gasteiger partial charge in [-0.15, -0.1) is 0 Å². The first kappa shape index (κ1) is 25.4. The molecular formula is C13H28N4O10. The standard InChI is InChI=1S/C13H28N4O10/c14-7-3-1-6-11(12(18)19)15-13(20)25-8-4-2-5-10(27-17(23)24)9-26-16(21)22/h10-11,21-24H,1-9,14H2,(H,15,20)(H,18,19). The van der Waals surface area contributed by atoms with Gasteiger partial charge >= 0.3 is 12.1 Å². The minimum atomic E-state index is -1.16. The Morgan fingerprint density at radius 3 is 2.22 bits per heavy atom. The number of nitrogens with two attached hydrogens (primary N) is 1. The Morgan fingerprint density at radius 1 is 1.00 bits per heavy atom. The lowest BCUT2D eigenvalue weighted by Crippen LogP contribution is -2.41. The number of nitrogens with one attached hydrogen (secondary N) is 1. The molecule has 0 aliphatic heterocycles. The van der Waals surface area contributed by atoms with Gasteiger partial charge in [0.15, 0.2) is 0 Å². The normalized spacial score (nSPS) is 13.6. The fourth-order valence-electron chi connectivity index (χ4n) is 2.02. The van der Waals surface area contributed by atoms with E-state index in [9.17, 15) is 9.59 Å². The van der Waals surface area contributed by atoms with E-state index in [0.29, 0.717) is 32.2 Å². The van der Waals surface area contributed by atoms with Crippen molar-refractivity contribution < 1.29 is 49.9 Å². The second-order valence-corrected chi connectivity index (χ2v) is 5.48. The number of carbonyl (C=O) groups is 2. The number of hydrogen-bond acceptors (Lipinski definition) is 12. The molecule has 160 valence electrons. The molecule has 0 rings (SSSR count). The summed E-state index contributed by atoms with van der Waals surface area (Å²) in [5.74, 6) is -1.16. The lowest BCUT2D eigenvalue weighted by molar-refractivity contribution is -0.527. The summed E-state index contributed by atoms with van der Waals surface area (Å²) >= 11 is 0. The first-order valence-electron chi connectivity index (χ1n) is 8.27. The molecule has 0 fully saturated rings. The van der Waals surface area contributed by atoms with Crippen LogP contribution in [0.4, 0.5) is 4.79 Å². The molecule has 0 radical (unpaired) electrons. The summed E-state index contributed by atoms with van der Waals surface area (Å²) in [6.07, 6.45) is 0.621. The van der Waals surface area contributed by atoms with Crippen molar-refractivity contribution in [3.63, 3.8) is 0 Å². The zero-order chi connectivity index (χ0) is 20.7. The molecule has 0 saturated heterocycles. The van der Waals surface area contributed by atoms with Gasteiger partial charge in [0, 0.05) is 0 Å². The molecule has 0 aliphatic rings. The van der Waals surface area contributed by atoms with Crippen LogP contribution in [0.25, 0.3) is 0 Å². The molecule has 1 amide bonds. The largest absolute Gasteiger partial charge is 0.480 e. The van der Waals surface area contributed by atoms with E-state index >= 15 is 0 Å². The molecule has 0 aliphatic carbocycles. The van der Waals surface area contributed by atoms with Crippen LogP contribution >= 0.6 is 0 Å². The third-order valence-electron chi connectivity index (χ3n) is 3.31. The van der Waals surface area contributed by atoms with E-state index in [1.54, 1.807) is 0 Å². The second kappa shape index (κ2) is 15.4. The Hall–Kier alpha value is -1.62. The minimum Gasteiger partial charge on any atom is -0.480 e. The van der Waals surface area contributed by atoms with Gasteiger partial charge in [-0.25, -0.2) is 19.3 Å². The fraction of sp³-hybridized carbons (Fsp3) is 0.846. The molecule has 0 aromatic heterocycles. The highest BCUT2D eigenvalue weighted by molar-refractivity contribution is 5.79. The first-order chi connectivity index (χ1) is 12.8. The molecule has 0 bridgehead atoms. The summed E-state index contributed by atoms with van der Waals surface area (Å²) < 4.78 is 4.88. The number of alkyl carbamates (subject to hydrolysis) is 1. The quantitative estimate of drug-likeness (QED) is 0.133. The van der Waals surface area contributed by atoms with Crippen LogP contribution in [0.2, 0.25) is 0 Å². The van der Waals surface area contributed by atoms with Gasteiger partial charge in [-0.2, -0.15) is 0 Å². The number of aliphatic carboxylic acids is 1. The van der Waals surface area contributed by atoms with Crippen LogP contribution in [0.15, 0.2) is 0 Å². The topological polar surface area (TPSA) is 208 Å². The van der Waals surface area contributed by atoms with E-state index in [4.69, 9.17) is 36.4 Å². The first-order valence-corrected chi connectivity index (χ1v) is 8.27. The SMILES string of the molecule is NCCCCC(NC(=O)OCCCCC(CON(O)O)ON(O)O)C(=O)O. The van der Waals surface area contributed by atoms with Crippen LogP contribution in [-0.4, -0.2) is 80.7 Å². The van der Waals surface area contributed by atoms with Gasteiger partial charge in [-0.05, 0) is 45.1 Å². The molecule has 14 heteroatoms. The molecule has 0 aromatic carbocycles. The zero-order valence-electron chi connectivity index (χ0n) is 14.8. The number of hydrogen-bond donors (Lipinski definition) is 7. The summed E-state index contributed by atoms with van der Waals surface area (Å²) in [5, 5.41) is 44.3. The number of carboxylic acid groups (broad SMARTS) is 1. The molecule has 0 heterocycles. The molecule has 0 saturated carbocycles. The highest BCUT2D eigenvalue weighted by atomic mass is 17.1. The van der Waals surface area contributed by atoms with E-state index in [0.717, 1.165) is 0 Å². The molecule has 0 spiro atoms. The average molecular weight is 400 g/mol. The number of carbonyl (C=O) groups excluding carboxylic acids is 1. The van der Waals surface area contributed by atoms with Crippen molar-refractivity contribution >= 4 is 12.1 Å². The zero-order valence-corrected chi connectivity index (χ0v) is 14.8. The van der Waals surface area contributed by atoms with Crippen LogP contribution in [0, 0.1) is 0 Å². The third-order valence-corrected chi connectivity index (χ3v) is 3.31. The smallest absolute Gasteiger partial charge is 0.407 e. The van der Waals surface area contributed by atoms with Crippen molar-refractivity contribution in [2.75, 3.05) is 19.8 Å². The molecule has 27 heavy (non-hydrogen) atoms. The predicted octanol–water partition coefficient (Wildman–Crippen LogP) is -0.142. The number of nitrogens with zero attached hydrogens (tertiary/aromatic N) is 2. The number of unbranched alkanes of at least 4 members (excludes halogenated alkanes) is 2. The number of ether oxygens (including phenoxy) is 1. The van der Waals surface area contributed by atoms with E-state index in [-0.39, 0.29) is 19.4 Å². The maximum atomic E-state index is 11.6. The van der Waals surface area contributed by atoms with E-state index in [1.165, 1.54) is 0 Å². The van der Waals surface area contributed by atoms with Crippen LogP contribution < -0.4 is 11.1 Å². The van der Waals surface area contributed by atoms with Crippen molar-refractivity contribution in [3.05, 3.63) is 0 Å². The molecule has 8 N–H and O–H groups in total. The van der Waals surface area contributed by atoms with Gasteiger partial charge in [0.1, 0.15) is 18.8 Å². The second-order valence-electron chi connectivity index (χ2n) is 5.48. The molecular weight excluding hydrogens is 372 g/mol. The van der Waals surface area contributed by atoms with Gasteiger partial charge in [-0.3, -0.25) is 20.8 Å². The number of amides is 1. The lowest BCUT2D eigenvalue weighted by atomic mass is 10.1. The predicted molar refractivity (Wildman–Crippen MR) is 84.3 cm³/mol. The summed E-state index contributed by atoms with van der Waals surface area (Å²) in [4.78, 5) is 31.5. The summed E-state index contributed by atoms with van der Waals surface area (Å²) in [5.41, 5.74) is 5.33. The van der Waals surface area contributed by atoms with Crippen LogP contribution in [0.5, 0.6) is 0 Å². The van der Waals surface area contributed by atoms with Gasteiger partial charge in [0.25, 0.3) is 0 Å². The van der Waals surface area contributed by atoms with Gasteiger partial charge in [-0.1, -0.05) is 0 Å². The monoisotopic (exact) mass is 400 g/mol. The highest BCUT2D eigenvalue weighted by Crippen LogP contribution is 2.08. The number of carboxylic acids is 1. The lowest BCUT2D eigenvalue weighted by Gasteiger charge is -2.19. The number of rotatable bonds is 16. The third kappa shape index (κ3) is 15.2. The fourth-order valence-corrected chi connectivity index (χ4v) is 2.02. The summed E-state index contributed by atoms with van der Waals surface area (Å²) in [6, 6.07) is -1.06. The minimum absolute atomic E-state index is 0.0113. The molecule has 2 atom stereocenters. The Balaban J connectivity index is 4.04. The van der Waals surface area contributed by atoms with Gasteiger partial charge in [0.2, 0.25) is 0 Å². The van der Waals surface area contributed by atoms with Crippen LogP contribution in [0.3, 0.4) is 0 Å². The van der Waals surface area contributed by atoms with Crippen molar-refractivity contribution in [1.82, 2.24) is 16.1 Å². The Bertz CT molecular complexity index is 413. The average Bonchev–Trinajstić information content (AvgIpc) is 2.57. The molecule has 14 nitrogen and oxygen atoms in total.